The number of aliphatic hydroxyl groups excluding tert-OH is 1. The Hall–Kier alpha value is -2.36. The summed E-state index contributed by atoms with van der Waals surface area (Å²) in [5.74, 6) is 0.0114. The van der Waals surface area contributed by atoms with Crippen molar-refractivity contribution in [2.45, 2.75) is 25.5 Å². The van der Waals surface area contributed by atoms with Crippen molar-refractivity contribution in [3.05, 3.63) is 86.8 Å². The summed E-state index contributed by atoms with van der Waals surface area (Å²) in [6.07, 6.45) is 5.37. The number of nitrogens with one attached hydrogen (secondary N) is 2. The van der Waals surface area contributed by atoms with Crippen LogP contribution in [-0.4, -0.2) is 57.6 Å². The minimum atomic E-state index is -0.558. The summed E-state index contributed by atoms with van der Waals surface area (Å²) in [7, 11) is 0. The molecule has 0 bridgehead atoms. The number of alkyl halides is 1. The molecule has 2 aromatic rings. The van der Waals surface area contributed by atoms with E-state index in [0.717, 1.165) is 53.0 Å². The number of carbonyl (C=O) groups excluding carboxylic acids is 1. The molecule has 0 spiro atoms. The van der Waals surface area contributed by atoms with Crippen LogP contribution in [0.3, 0.4) is 0 Å². The van der Waals surface area contributed by atoms with Gasteiger partial charge in [0.2, 0.25) is 0 Å². The molecule has 174 valence electrons. The molecule has 0 radical (unpaired) electrons. The molecule has 0 unspecified atom stereocenters. The van der Waals surface area contributed by atoms with Gasteiger partial charge >= 0.3 is 146 Å². The maximum atomic E-state index is 13.2. The molecule has 3 N–H and O–H groups in total. The second-order valence-corrected chi connectivity index (χ2v) is 11.2. The van der Waals surface area contributed by atoms with Gasteiger partial charge in [0.1, 0.15) is 0 Å². The quantitative estimate of drug-likeness (QED) is 0.255. The number of hydrogen-bond donors (Lipinski definition) is 3. The summed E-state index contributed by atoms with van der Waals surface area (Å²) in [5, 5.41) is 17.5. The molecule has 7 heteroatoms. The number of hydrogen-bond acceptors (Lipinski definition) is 5. The van der Waals surface area contributed by atoms with E-state index >= 15 is 0 Å². The summed E-state index contributed by atoms with van der Waals surface area (Å²) in [6.45, 7) is 3.42. The van der Waals surface area contributed by atoms with E-state index in [1.54, 1.807) is 0 Å². The van der Waals surface area contributed by atoms with Gasteiger partial charge in [0, 0.05) is 13.1 Å². The molecular formula is C26H30IN4O2-. The number of benzene rings is 2. The van der Waals surface area contributed by atoms with Crippen LogP contribution >= 0.6 is 0 Å². The van der Waals surface area contributed by atoms with Crippen molar-refractivity contribution in [2.24, 2.45) is 0 Å². The van der Waals surface area contributed by atoms with E-state index in [-0.39, 0.29) is 27.1 Å². The van der Waals surface area contributed by atoms with Crippen molar-refractivity contribution in [3.8, 4) is 0 Å². The van der Waals surface area contributed by atoms with E-state index in [4.69, 9.17) is 0 Å². The molecule has 1 amide bonds. The Morgan fingerprint density at radius 3 is 2.82 bits per heavy atom. The predicted molar refractivity (Wildman–Crippen MR) is 126 cm³/mol. The third-order valence-corrected chi connectivity index (χ3v) is 8.17. The fourth-order valence-electron chi connectivity index (χ4n) is 4.74. The second-order valence-electron chi connectivity index (χ2n) is 8.79. The van der Waals surface area contributed by atoms with E-state index in [2.05, 4.69) is 56.0 Å². The molecule has 1 atom stereocenters. The summed E-state index contributed by atoms with van der Waals surface area (Å²) in [4.78, 5) is 17.3. The van der Waals surface area contributed by atoms with Crippen LogP contribution < -0.4 is 31.8 Å². The van der Waals surface area contributed by atoms with Crippen molar-refractivity contribution >= 4 is 11.6 Å². The van der Waals surface area contributed by atoms with Crippen LogP contribution in [0.4, 0.5) is 5.69 Å². The first-order valence-corrected chi connectivity index (χ1v) is 14.3. The van der Waals surface area contributed by atoms with Crippen LogP contribution in [0.25, 0.3) is 0 Å². The molecule has 33 heavy (non-hydrogen) atoms. The van der Waals surface area contributed by atoms with Crippen molar-refractivity contribution in [1.29, 1.82) is 0 Å². The smallest absolute Gasteiger partial charge is 0.296 e. The third-order valence-electron chi connectivity index (χ3n) is 6.42. The first-order valence-electron chi connectivity index (χ1n) is 11.5. The Morgan fingerprint density at radius 1 is 1.06 bits per heavy atom. The van der Waals surface area contributed by atoms with E-state index in [9.17, 15) is 9.90 Å². The van der Waals surface area contributed by atoms with E-state index in [1.807, 2.05) is 23.2 Å². The Labute approximate surface area is 205 Å². The van der Waals surface area contributed by atoms with Gasteiger partial charge in [-0.2, -0.15) is 0 Å². The first-order chi connectivity index (χ1) is 16.2. The van der Waals surface area contributed by atoms with Gasteiger partial charge in [-0.1, -0.05) is 24.3 Å². The number of allylic oxidation sites excluding steroid dienone is 1. The molecule has 3 aliphatic heterocycles. The van der Waals surface area contributed by atoms with Gasteiger partial charge in [-0.15, -0.1) is 0 Å². The van der Waals surface area contributed by atoms with Gasteiger partial charge in [0.15, 0.2) is 0 Å². The van der Waals surface area contributed by atoms with E-state index in [1.165, 1.54) is 11.1 Å². The predicted octanol–water partition coefficient (Wildman–Crippen LogP) is -0.479. The normalized spacial score (nSPS) is 19.4. The number of nitrogens with zero attached hydrogens (tertiary/aromatic N) is 2. The third kappa shape index (κ3) is 5.42. The molecule has 2 aromatic carbocycles. The molecule has 0 aromatic heterocycles. The molecule has 0 aliphatic carbocycles. The monoisotopic (exact) mass is 557 g/mol. The topological polar surface area (TPSA) is 67.8 Å². The summed E-state index contributed by atoms with van der Waals surface area (Å²) >= 11 is 0.0612. The number of aliphatic hydroxyl groups is 1. The molecule has 3 heterocycles. The van der Waals surface area contributed by atoms with Crippen molar-refractivity contribution in [2.75, 3.05) is 36.0 Å². The van der Waals surface area contributed by atoms with Gasteiger partial charge < -0.3 is 0 Å². The first kappa shape index (κ1) is 22.4. The van der Waals surface area contributed by atoms with Crippen LogP contribution in [0.2, 0.25) is 0 Å². The van der Waals surface area contributed by atoms with Crippen LogP contribution in [0, 0.1) is 0 Å². The molecule has 3 aliphatic rings. The SMILES string of the molecule is O=C1c2cc(NC3=CNC[I-]C=C3)ccc2CCN1C[C@H](O)CN1CCc2ccccc2C1. The van der Waals surface area contributed by atoms with Crippen molar-refractivity contribution in [3.63, 3.8) is 0 Å². The maximum absolute atomic E-state index is 13.2. The zero-order valence-electron chi connectivity index (χ0n) is 18.6. The van der Waals surface area contributed by atoms with E-state index in [0.29, 0.717) is 19.6 Å². The molecule has 6 nitrogen and oxygen atoms in total. The van der Waals surface area contributed by atoms with Crippen molar-refractivity contribution in [1.82, 2.24) is 15.1 Å². The van der Waals surface area contributed by atoms with E-state index < -0.39 is 6.10 Å². The summed E-state index contributed by atoms with van der Waals surface area (Å²) in [5.41, 5.74) is 6.49. The van der Waals surface area contributed by atoms with Crippen LogP contribution in [0.5, 0.6) is 0 Å². The molecule has 5 rings (SSSR count). The summed E-state index contributed by atoms with van der Waals surface area (Å²) < 4.78 is 3.27. The number of fused-ring (bicyclic) bond motifs is 2. The second kappa shape index (κ2) is 10.3. The number of anilines is 1. The van der Waals surface area contributed by atoms with Gasteiger partial charge in [-0.05, 0) is 17.5 Å². The number of β-amino-alcohol motifs (C(OH)–C–C–N with tert-alkyl or cyclic N) is 1. The van der Waals surface area contributed by atoms with Crippen LogP contribution in [0.1, 0.15) is 27.0 Å². The van der Waals surface area contributed by atoms with Gasteiger partial charge in [0.05, 0.1) is 0 Å². The van der Waals surface area contributed by atoms with Gasteiger partial charge in [-0.25, -0.2) is 0 Å². The fourth-order valence-corrected chi connectivity index (χ4v) is 6.11. The van der Waals surface area contributed by atoms with Crippen LogP contribution in [0.15, 0.2) is 64.5 Å². The summed E-state index contributed by atoms with van der Waals surface area (Å²) in [6, 6.07) is 14.6. The zero-order valence-corrected chi connectivity index (χ0v) is 20.8. The number of rotatable bonds is 6. The standard InChI is InChI=1S/C26H30IN4O2/c32-24(16-30-11-8-19-3-1-2-4-21(19)15-30)17-31-12-9-20-5-6-22(13-25(20)26(31)33)29-23-7-10-27-18-28-14-23/h1-7,10,13-14,24,28-29,32H,8-9,11-12,15-18H2/q-1/t24-/m1/s1. The average Bonchev–Trinajstić information content (AvgIpc) is 3.10. The molecule has 0 saturated carbocycles. The van der Waals surface area contributed by atoms with Gasteiger partial charge in [-0.3, -0.25) is 4.90 Å². The minimum absolute atomic E-state index is 0.0114. The molecular weight excluding hydrogens is 527 g/mol. The average molecular weight is 557 g/mol. The van der Waals surface area contributed by atoms with Crippen LogP contribution in [-0.2, 0) is 19.4 Å². The van der Waals surface area contributed by atoms with Crippen molar-refractivity contribution < 1.29 is 31.1 Å². The Kier molecular flexibility index (Phi) is 6.99. The fraction of sp³-hybridized carbons (Fsp3) is 0.346. The molecule has 0 fully saturated rings. The Balaban J connectivity index is 1.21. The molecule has 0 saturated heterocycles. The number of carbonyl (C=O) groups is 1. The zero-order chi connectivity index (χ0) is 22.6. The number of halogens is 1. The Bertz CT molecular complexity index is 1080. The minimum Gasteiger partial charge on any atom is -0.296 e. The van der Waals surface area contributed by atoms with Gasteiger partial charge in [0.25, 0.3) is 0 Å². The number of amides is 1. The Morgan fingerprint density at radius 2 is 1.91 bits per heavy atom.